The van der Waals surface area contributed by atoms with Crippen molar-refractivity contribution in [1.29, 1.82) is 0 Å². The Morgan fingerprint density at radius 2 is 1.71 bits per heavy atom. The summed E-state index contributed by atoms with van der Waals surface area (Å²) >= 11 is 0. The van der Waals surface area contributed by atoms with Crippen LogP contribution in [-0.2, 0) is 5.41 Å². The van der Waals surface area contributed by atoms with Gasteiger partial charge in [0.05, 0.1) is 11.4 Å². The first-order valence-corrected chi connectivity index (χ1v) is 13.5. The Bertz CT molecular complexity index is 1790. The number of hydrogen-bond donors (Lipinski definition) is 2. The summed E-state index contributed by atoms with van der Waals surface area (Å²) in [6.07, 6.45) is 1.43. The molecule has 10 heteroatoms. The summed E-state index contributed by atoms with van der Waals surface area (Å²) in [5.74, 6) is 1.73. The monoisotopic (exact) mass is 563 g/mol. The fourth-order valence-corrected chi connectivity index (χ4v) is 4.42. The minimum absolute atomic E-state index is 0.119. The molecule has 0 unspecified atom stereocenters. The number of aromatic nitrogens is 4. The maximum Gasteiger partial charge on any atom is 0.257 e. The molecule has 2 N–H and O–H groups in total. The quantitative estimate of drug-likeness (QED) is 0.253. The molecule has 0 aliphatic rings. The third-order valence-corrected chi connectivity index (χ3v) is 6.68. The van der Waals surface area contributed by atoms with E-state index in [4.69, 9.17) is 9.84 Å². The second-order valence-electron chi connectivity index (χ2n) is 11.1. The van der Waals surface area contributed by atoms with E-state index in [0.717, 1.165) is 16.5 Å². The molecule has 0 spiro atoms. The summed E-state index contributed by atoms with van der Waals surface area (Å²) in [6, 6.07) is 21.8. The number of hydrogen-bond acceptors (Lipinski definition) is 7. The van der Waals surface area contributed by atoms with Crippen LogP contribution in [0, 0.1) is 0 Å². The molecule has 5 rings (SSSR count). The van der Waals surface area contributed by atoms with E-state index in [1.54, 1.807) is 56.2 Å². The molecule has 3 aromatic carbocycles. The van der Waals surface area contributed by atoms with Gasteiger partial charge in [0.1, 0.15) is 23.7 Å². The number of anilines is 2. The summed E-state index contributed by atoms with van der Waals surface area (Å²) in [7, 11) is 5.19. The number of rotatable bonds is 7. The highest BCUT2D eigenvalue weighted by Crippen LogP contribution is 2.30. The van der Waals surface area contributed by atoms with Gasteiger partial charge in [-0.15, -0.1) is 0 Å². The van der Waals surface area contributed by atoms with Crippen molar-refractivity contribution in [3.63, 3.8) is 0 Å². The Kier molecular flexibility index (Phi) is 7.62. The number of amides is 2. The summed E-state index contributed by atoms with van der Waals surface area (Å²) in [5.41, 5.74) is 2.22. The Morgan fingerprint density at radius 1 is 0.929 bits per heavy atom. The summed E-state index contributed by atoms with van der Waals surface area (Å²) < 4.78 is 7.60. The fraction of sp³-hybridized carbons (Fsp3) is 0.219. The normalized spacial score (nSPS) is 11.3. The van der Waals surface area contributed by atoms with Crippen LogP contribution < -0.4 is 15.4 Å². The number of benzene rings is 3. The second-order valence-corrected chi connectivity index (χ2v) is 11.1. The van der Waals surface area contributed by atoms with Gasteiger partial charge in [-0.25, -0.2) is 14.6 Å². The van der Waals surface area contributed by atoms with E-state index in [-0.39, 0.29) is 17.2 Å². The first-order chi connectivity index (χ1) is 20.0. The minimum atomic E-state index is -0.286. The van der Waals surface area contributed by atoms with Crippen molar-refractivity contribution in [2.24, 2.45) is 0 Å². The van der Waals surface area contributed by atoms with Gasteiger partial charge in [0.2, 0.25) is 5.88 Å². The first-order valence-electron chi connectivity index (χ1n) is 13.5. The van der Waals surface area contributed by atoms with E-state index in [1.807, 2.05) is 42.5 Å². The standard InChI is InChI=1S/C32H33N7O3/c1-32(2,3)26-17-28(39(37-26)22-11-7-10-21(15-22)31(41)38(5)6)36-30(40)25-12-8-9-20-16-23(13-14-24(20)25)42-29-18-27(33-4)34-19-35-29/h7-19H,1-6H3,(H,36,40)(H,33,34,35). The van der Waals surface area contributed by atoms with Crippen LogP contribution in [-0.4, -0.2) is 57.6 Å². The molecule has 0 aliphatic carbocycles. The summed E-state index contributed by atoms with van der Waals surface area (Å²) in [6.45, 7) is 6.17. The highest BCUT2D eigenvalue weighted by Gasteiger charge is 2.23. The van der Waals surface area contributed by atoms with Crippen molar-refractivity contribution < 1.29 is 14.3 Å². The van der Waals surface area contributed by atoms with Crippen LogP contribution in [0.5, 0.6) is 11.6 Å². The van der Waals surface area contributed by atoms with Gasteiger partial charge in [-0.2, -0.15) is 5.10 Å². The molecule has 0 bridgehead atoms. The number of nitrogens with zero attached hydrogens (tertiary/aromatic N) is 5. The largest absolute Gasteiger partial charge is 0.439 e. The highest BCUT2D eigenvalue weighted by molar-refractivity contribution is 6.13. The molecule has 0 saturated carbocycles. The average Bonchev–Trinajstić information content (AvgIpc) is 3.41. The van der Waals surface area contributed by atoms with Gasteiger partial charge in [0.25, 0.3) is 11.8 Å². The predicted molar refractivity (Wildman–Crippen MR) is 164 cm³/mol. The number of carbonyl (C=O) groups excluding carboxylic acids is 2. The molecule has 0 saturated heterocycles. The minimum Gasteiger partial charge on any atom is -0.439 e. The van der Waals surface area contributed by atoms with Gasteiger partial charge >= 0.3 is 0 Å². The van der Waals surface area contributed by atoms with Gasteiger partial charge in [0.15, 0.2) is 0 Å². The van der Waals surface area contributed by atoms with Crippen LogP contribution in [0.3, 0.4) is 0 Å². The average molecular weight is 564 g/mol. The van der Waals surface area contributed by atoms with Crippen LogP contribution in [0.1, 0.15) is 47.2 Å². The Labute approximate surface area is 244 Å². The van der Waals surface area contributed by atoms with Crippen LogP contribution in [0.25, 0.3) is 16.5 Å². The molecular weight excluding hydrogens is 530 g/mol. The molecule has 0 aliphatic heterocycles. The fourth-order valence-electron chi connectivity index (χ4n) is 4.42. The van der Waals surface area contributed by atoms with E-state index in [2.05, 4.69) is 41.4 Å². The van der Waals surface area contributed by atoms with Gasteiger partial charge < -0.3 is 20.3 Å². The molecule has 214 valence electrons. The Balaban J connectivity index is 1.47. The first kappa shape index (κ1) is 28.3. The third-order valence-electron chi connectivity index (χ3n) is 6.68. The lowest BCUT2D eigenvalue weighted by Crippen LogP contribution is -2.22. The number of nitrogens with one attached hydrogen (secondary N) is 2. The van der Waals surface area contributed by atoms with Crippen molar-refractivity contribution in [3.8, 4) is 17.3 Å². The van der Waals surface area contributed by atoms with Crippen molar-refractivity contribution in [3.05, 3.63) is 95.9 Å². The van der Waals surface area contributed by atoms with Crippen LogP contribution in [0.2, 0.25) is 0 Å². The van der Waals surface area contributed by atoms with Crippen molar-refractivity contribution in [2.45, 2.75) is 26.2 Å². The van der Waals surface area contributed by atoms with Gasteiger partial charge in [0, 0.05) is 49.8 Å². The molecule has 5 aromatic rings. The molecule has 0 radical (unpaired) electrons. The molecule has 0 atom stereocenters. The lowest BCUT2D eigenvalue weighted by molar-refractivity contribution is 0.0827. The zero-order chi connectivity index (χ0) is 30.0. The SMILES string of the molecule is CNc1cc(Oc2ccc3c(C(=O)Nc4cc(C(C)(C)C)nn4-c4cccc(C(=O)N(C)C)c4)cccc3c2)ncn1. The van der Waals surface area contributed by atoms with Gasteiger partial charge in [-0.3, -0.25) is 9.59 Å². The van der Waals surface area contributed by atoms with E-state index in [1.165, 1.54) is 11.2 Å². The third kappa shape index (κ3) is 5.92. The van der Waals surface area contributed by atoms with E-state index in [9.17, 15) is 9.59 Å². The van der Waals surface area contributed by atoms with Crippen LogP contribution in [0.15, 0.2) is 79.1 Å². The summed E-state index contributed by atoms with van der Waals surface area (Å²) in [5, 5.41) is 12.4. The van der Waals surface area contributed by atoms with E-state index < -0.39 is 0 Å². The molecule has 42 heavy (non-hydrogen) atoms. The van der Waals surface area contributed by atoms with Crippen LogP contribution >= 0.6 is 0 Å². The van der Waals surface area contributed by atoms with Crippen molar-refractivity contribution in [1.82, 2.24) is 24.6 Å². The van der Waals surface area contributed by atoms with Crippen molar-refractivity contribution >= 4 is 34.2 Å². The summed E-state index contributed by atoms with van der Waals surface area (Å²) in [4.78, 5) is 36.1. The highest BCUT2D eigenvalue weighted by atomic mass is 16.5. The van der Waals surface area contributed by atoms with Crippen LogP contribution in [0.4, 0.5) is 11.6 Å². The molecule has 2 aromatic heterocycles. The molecule has 2 amide bonds. The maximum atomic E-state index is 13.7. The number of fused-ring (bicyclic) bond motifs is 1. The van der Waals surface area contributed by atoms with E-state index >= 15 is 0 Å². The number of ether oxygens (including phenoxy) is 1. The zero-order valence-corrected chi connectivity index (χ0v) is 24.5. The van der Waals surface area contributed by atoms with Gasteiger partial charge in [-0.05, 0) is 53.2 Å². The zero-order valence-electron chi connectivity index (χ0n) is 24.5. The molecular formula is C32H33N7O3. The lowest BCUT2D eigenvalue weighted by atomic mass is 9.92. The van der Waals surface area contributed by atoms with E-state index in [0.29, 0.717) is 40.1 Å². The lowest BCUT2D eigenvalue weighted by Gasteiger charge is -2.14. The predicted octanol–water partition coefficient (Wildman–Crippen LogP) is 5.90. The van der Waals surface area contributed by atoms with Gasteiger partial charge in [-0.1, -0.05) is 39.0 Å². The topological polar surface area (TPSA) is 114 Å². The second kappa shape index (κ2) is 11.3. The van der Waals surface area contributed by atoms with Crippen molar-refractivity contribution in [2.75, 3.05) is 31.8 Å². The smallest absolute Gasteiger partial charge is 0.257 e. The molecule has 0 fully saturated rings. The molecule has 10 nitrogen and oxygen atoms in total. The number of carbonyl (C=O) groups is 2. The maximum absolute atomic E-state index is 13.7. The Hall–Kier alpha value is -5.25. The molecule has 2 heterocycles. The Morgan fingerprint density at radius 3 is 2.45 bits per heavy atom.